The Hall–Kier alpha value is -1.57. The van der Waals surface area contributed by atoms with Crippen molar-refractivity contribution in [3.63, 3.8) is 0 Å². The minimum absolute atomic E-state index is 0.996. The van der Waals surface area contributed by atoms with Gasteiger partial charge in [0, 0.05) is 6.42 Å². The number of aromatic nitrogens is 2. The number of unbranched alkanes of at least 4 members (excludes halogenated alkanes) is 15. The van der Waals surface area contributed by atoms with E-state index in [2.05, 4.69) is 65.7 Å². The van der Waals surface area contributed by atoms with Crippen LogP contribution in [0, 0.1) is 0 Å². The summed E-state index contributed by atoms with van der Waals surface area (Å²) in [5.41, 5.74) is 1.40. The van der Waals surface area contributed by atoms with Gasteiger partial charge < -0.3 is 0 Å². The zero-order chi connectivity index (χ0) is 23.4. The monoisotopic (exact) mass is 453 g/mol. The van der Waals surface area contributed by atoms with Crippen LogP contribution < -0.4 is 4.57 Å². The highest BCUT2D eigenvalue weighted by atomic mass is 15.1. The topological polar surface area (TPSA) is 8.81 Å². The minimum Gasteiger partial charge on any atom is -0.234 e. The average Bonchev–Trinajstić information content (AvgIpc) is 3.21. The SMILES string of the molecule is CCCCCCCCCCCCCCC[n+]1ccn(Cc2ccccc2)c1CCCCCC. The van der Waals surface area contributed by atoms with Crippen molar-refractivity contribution < 1.29 is 4.57 Å². The van der Waals surface area contributed by atoms with E-state index in [4.69, 9.17) is 0 Å². The summed E-state index contributed by atoms with van der Waals surface area (Å²) in [6.45, 7) is 6.78. The van der Waals surface area contributed by atoms with E-state index in [-0.39, 0.29) is 0 Å². The molecule has 2 nitrogen and oxygen atoms in total. The summed E-state index contributed by atoms with van der Waals surface area (Å²) >= 11 is 0. The second-order valence-electron chi connectivity index (χ2n) is 10.1. The highest BCUT2D eigenvalue weighted by Crippen LogP contribution is 2.13. The van der Waals surface area contributed by atoms with E-state index in [0.717, 1.165) is 6.54 Å². The molecular formula is C31H53N2+. The van der Waals surface area contributed by atoms with Gasteiger partial charge in [0.1, 0.15) is 18.9 Å². The highest BCUT2D eigenvalue weighted by Gasteiger charge is 2.16. The van der Waals surface area contributed by atoms with Crippen molar-refractivity contribution in [3.05, 3.63) is 54.1 Å². The molecule has 0 saturated heterocycles. The number of imidazole rings is 1. The molecule has 0 atom stereocenters. The van der Waals surface area contributed by atoms with E-state index >= 15 is 0 Å². The first kappa shape index (κ1) is 27.7. The Bertz CT molecular complexity index is 688. The highest BCUT2D eigenvalue weighted by molar-refractivity contribution is 5.15. The van der Waals surface area contributed by atoms with Crippen LogP contribution in [0.3, 0.4) is 0 Å². The van der Waals surface area contributed by atoms with Crippen molar-refractivity contribution in [2.75, 3.05) is 0 Å². The zero-order valence-electron chi connectivity index (χ0n) is 22.1. The summed E-state index contributed by atoms with van der Waals surface area (Å²) in [4.78, 5) is 0. The number of hydrogen-bond acceptors (Lipinski definition) is 0. The van der Waals surface area contributed by atoms with Crippen LogP contribution in [0.2, 0.25) is 0 Å². The summed E-state index contributed by atoms with van der Waals surface area (Å²) in [6.07, 6.45) is 29.7. The largest absolute Gasteiger partial charge is 0.256 e. The minimum atomic E-state index is 0.996. The van der Waals surface area contributed by atoms with Gasteiger partial charge in [0.25, 0.3) is 5.82 Å². The third-order valence-electron chi connectivity index (χ3n) is 7.04. The molecule has 0 radical (unpaired) electrons. The number of rotatable bonds is 21. The quantitative estimate of drug-likeness (QED) is 0.132. The molecule has 0 aliphatic carbocycles. The van der Waals surface area contributed by atoms with Crippen molar-refractivity contribution in [3.8, 4) is 0 Å². The standard InChI is InChI=1S/C31H53N2/c1-3-5-7-9-10-11-12-13-14-15-16-17-22-26-32-27-28-33(29-30-23-19-18-20-24-30)31(32)25-21-8-6-4-2/h18-20,23-24,27-28H,3-17,21-22,25-26,29H2,1-2H3/q+1. The summed E-state index contributed by atoms with van der Waals surface area (Å²) < 4.78 is 5.04. The molecule has 1 aromatic heterocycles. The maximum atomic E-state index is 2.55. The molecule has 1 aromatic carbocycles. The fourth-order valence-electron chi connectivity index (χ4n) is 4.92. The molecule has 0 amide bonds. The third kappa shape index (κ3) is 12.5. The van der Waals surface area contributed by atoms with Gasteiger partial charge in [-0.3, -0.25) is 0 Å². The first-order valence-corrected chi connectivity index (χ1v) is 14.5. The van der Waals surface area contributed by atoms with Crippen LogP contribution in [-0.4, -0.2) is 4.57 Å². The number of nitrogens with zero attached hydrogens (tertiary/aromatic N) is 2. The number of aryl methyl sites for hydroxylation is 1. The molecule has 2 heteroatoms. The number of hydrogen-bond donors (Lipinski definition) is 0. The molecule has 0 fully saturated rings. The van der Waals surface area contributed by atoms with Gasteiger partial charge in [-0.1, -0.05) is 134 Å². The van der Waals surface area contributed by atoms with Gasteiger partial charge >= 0.3 is 0 Å². The average molecular weight is 454 g/mol. The Morgan fingerprint density at radius 1 is 0.606 bits per heavy atom. The molecule has 0 bridgehead atoms. The van der Waals surface area contributed by atoms with Gasteiger partial charge in [0.15, 0.2) is 0 Å². The van der Waals surface area contributed by atoms with Gasteiger partial charge in [0.2, 0.25) is 0 Å². The molecule has 2 aromatic rings. The van der Waals surface area contributed by atoms with E-state index in [9.17, 15) is 0 Å². The van der Waals surface area contributed by atoms with Crippen molar-refractivity contribution in [1.29, 1.82) is 0 Å². The molecule has 2 rings (SSSR count). The lowest BCUT2D eigenvalue weighted by Crippen LogP contribution is -2.37. The fourth-order valence-corrected chi connectivity index (χ4v) is 4.92. The van der Waals surface area contributed by atoms with Crippen molar-refractivity contribution in [2.45, 2.75) is 143 Å². The first-order chi connectivity index (χ1) is 16.3. The van der Waals surface area contributed by atoms with E-state index in [1.807, 2.05) is 0 Å². The third-order valence-corrected chi connectivity index (χ3v) is 7.04. The Balaban J connectivity index is 1.65. The van der Waals surface area contributed by atoms with Gasteiger partial charge in [0.05, 0.1) is 6.54 Å². The van der Waals surface area contributed by atoms with Gasteiger partial charge in [-0.2, -0.15) is 0 Å². The Morgan fingerprint density at radius 3 is 1.70 bits per heavy atom. The second kappa shape index (κ2) is 18.8. The second-order valence-corrected chi connectivity index (χ2v) is 10.1. The summed E-state index contributed by atoms with van der Waals surface area (Å²) in [7, 11) is 0. The first-order valence-electron chi connectivity index (χ1n) is 14.5. The normalized spacial score (nSPS) is 11.3. The van der Waals surface area contributed by atoms with Crippen LogP contribution in [0.4, 0.5) is 0 Å². The van der Waals surface area contributed by atoms with E-state index in [0.29, 0.717) is 0 Å². The van der Waals surface area contributed by atoms with Crippen LogP contribution in [0.15, 0.2) is 42.7 Å². The fraction of sp³-hybridized carbons (Fsp3) is 0.710. The van der Waals surface area contributed by atoms with Gasteiger partial charge in [-0.25, -0.2) is 9.13 Å². The van der Waals surface area contributed by atoms with Crippen LogP contribution in [0.1, 0.15) is 134 Å². The lowest BCUT2D eigenvalue weighted by atomic mass is 10.0. The molecule has 33 heavy (non-hydrogen) atoms. The maximum absolute atomic E-state index is 2.55. The maximum Gasteiger partial charge on any atom is 0.256 e. The molecule has 0 saturated carbocycles. The van der Waals surface area contributed by atoms with Gasteiger partial charge in [-0.05, 0) is 24.8 Å². The van der Waals surface area contributed by atoms with Crippen molar-refractivity contribution in [1.82, 2.24) is 4.57 Å². The predicted octanol–water partition coefficient (Wildman–Crippen LogP) is 9.04. The smallest absolute Gasteiger partial charge is 0.234 e. The summed E-state index contributed by atoms with van der Waals surface area (Å²) in [6, 6.07) is 10.9. The Kier molecular flexibility index (Phi) is 15.8. The lowest BCUT2D eigenvalue weighted by Gasteiger charge is -2.07. The van der Waals surface area contributed by atoms with Crippen LogP contribution in [-0.2, 0) is 19.5 Å². The van der Waals surface area contributed by atoms with Gasteiger partial charge in [-0.15, -0.1) is 0 Å². The molecule has 186 valence electrons. The Labute approximate surface area is 205 Å². The molecule has 0 unspecified atom stereocenters. The predicted molar refractivity (Wildman–Crippen MR) is 144 cm³/mol. The van der Waals surface area contributed by atoms with Crippen LogP contribution >= 0.6 is 0 Å². The zero-order valence-corrected chi connectivity index (χ0v) is 22.1. The molecular weight excluding hydrogens is 400 g/mol. The molecule has 1 heterocycles. The molecule has 0 aliphatic rings. The van der Waals surface area contributed by atoms with Crippen molar-refractivity contribution >= 4 is 0 Å². The summed E-state index contributed by atoms with van der Waals surface area (Å²) in [5, 5.41) is 0. The van der Waals surface area contributed by atoms with Crippen molar-refractivity contribution in [2.24, 2.45) is 0 Å². The number of benzene rings is 1. The van der Waals surface area contributed by atoms with E-state index in [1.54, 1.807) is 0 Å². The van der Waals surface area contributed by atoms with E-state index in [1.165, 1.54) is 134 Å². The molecule has 0 aliphatic heterocycles. The van der Waals surface area contributed by atoms with Crippen LogP contribution in [0.25, 0.3) is 0 Å². The molecule has 0 spiro atoms. The molecule has 0 N–H and O–H groups in total. The Morgan fingerprint density at radius 2 is 1.12 bits per heavy atom. The lowest BCUT2D eigenvalue weighted by molar-refractivity contribution is -0.704. The van der Waals surface area contributed by atoms with E-state index < -0.39 is 0 Å². The summed E-state index contributed by atoms with van der Waals surface area (Å²) in [5.74, 6) is 1.52. The van der Waals surface area contributed by atoms with Crippen LogP contribution in [0.5, 0.6) is 0 Å².